The van der Waals surface area contributed by atoms with E-state index in [1.165, 1.54) is 16.7 Å². The zero-order valence-corrected chi connectivity index (χ0v) is 27.0. The molecule has 3 amide bonds. The van der Waals surface area contributed by atoms with Crippen LogP contribution in [0.2, 0.25) is 0 Å². The monoisotopic (exact) mass is 649 g/mol. The summed E-state index contributed by atoms with van der Waals surface area (Å²) >= 11 is 8.27. The Morgan fingerprint density at radius 3 is 1.93 bits per heavy atom. The van der Waals surface area contributed by atoms with Crippen LogP contribution in [0, 0.1) is 0 Å². The molecule has 2 aliphatic heterocycles. The Hall–Kier alpha value is -4.02. The van der Waals surface area contributed by atoms with Crippen LogP contribution in [0.3, 0.4) is 0 Å². The lowest BCUT2D eigenvalue weighted by molar-refractivity contribution is -0.169. The van der Waals surface area contributed by atoms with Crippen molar-refractivity contribution in [3.63, 3.8) is 0 Å². The Bertz CT molecular complexity index is 1490. The van der Waals surface area contributed by atoms with Gasteiger partial charge in [0.15, 0.2) is 12.1 Å². The lowest BCUT2D eigenvalue weighted by Crippen LogP contribution is -2.78. The van der Waals surface area contributed by atoms with Crippen LogP contribution < -0.4 is 10.6 Å². The van der Waals surface area contributed by atoms with Gasteiger partial charge in [-0.15, -0.1) is 23.4 Å². The van der Waals surface area contributed by atoms with Gasteiger partial charge in [-0.1, -0.05) is 91.0 Å². The zero-order chi connectivity index (χ0) is 32.4. The van der Waals surface area contributed by atoms with Gasteiger partial charge in [-0.2, -0.15) is 0 Å². The predicted octanol–water partition coefficient (Wildman–Crippen LogP) is 5.35. The predicted molar refractivity (Wildman–Crippen MR) is 172 cm³/mol. The third-order valence-electron chi connectivity index (χ3n) is 7.48. The molecule has 0 saturated carbocycles. The van der Waals surface area contributed by atoms with Crippen LogP contribution in [0.25, 0.3) is 0 Å². The van der Waals surface area contributed by atoms with Crippen LogP contribution in [0.1, 0.15) is 56.5 Å². The van der Waals surface area contributed by atoms with Crippen molar-refractivity contribution in [3.8, 4) is 0 Å². The summed E-state index contributed by atoms with van der Waals surface area (Å²) in [7, 11) is 0. The molecular formula is C34H36ClN3O6S. The largest absolute Gasteiger partial charge is 0.451 e. The smallest absolute Gasteiger partial charge is 0.408 e. The Kier molecular flexibility index (Phi) is 9.46. The number of esters is 1. The third-order valence-corrected chi connectivity index (χ3v) is 9.59. The number of thioether (sulfide) groups is 1. The minimum atomic E-state index is -1.12. The van der Waals surface area contributed by atoms with E-state index in [4.69, 9.17) is 21.1 Å². The minimum absolute atomic E-state index is 0.328. The molecule has 0 spiro atoms. The lowest BCUT2D eigenvalue weighted by Gasteiger charge is -2.56. The SMILES string of the molecule is CC(C)(C)OC(=O)NC(C(=O)N[C@@H]1C(=O)N2[C@@H](C(=O)OC(c3ccccc3)c3ccccc3)[C@](C)(Cl)CS[C@@H]12)c1ccccc1. The third kappa shape index (κ3) is 7.28. The van der Waals surface area contributed by atoms with Crippen LogP contribution in [-0.2, 0) is 23.9 Å². The van der Waals surface area contributed by atoms with E-state index < -0.39 is 64.0 Å². The summed E-state index contributed by atoms with van der Waals surface area (Å²) in [6.07, 6.45) is -1.48. The molecule has 0 radical (unpaired) electrons. The second-order valence-electron chi connectivity index (χ2n) is 12.2. The highest BCUT2D eigenvalue weighted by molar-refractivity contribution is 8.00. The molecule has 2 fully saturated rings. The molecule has 5 atom stereocenters. The number of ether oxygens (including phenoxy) is 2. The number of alkyl carbamates (subject to hydrolysis) is 1. The van der Waals surface area contributed by atoms with E-state index in [1.807, 2.05) is 60.7 Å². The summed E-state index contributed by atoms with van der Waals surface area (Å²) in [6, 6.07) is 24.3. The van der Waals surface area contributed by atoms with Gasteiger partial charge in [-0.3, -0.25) is 9.59 Å². The second kappa shape index (κ2) is 13.1. The average molecular weight is 650 g/mol. The van der Waals surface area contributed by atoms with Crippen molar-refractivity contribution in [2.75, 3.05) is 5.75 Å². The van der Waals surface area contributed by atoms with Crippen molar-refractivity contribution in [2.24, 2.45) is 0 Å². The molecule has 3 aromatic carbocycles. The van der Waals surface area contributed by atoms with Crippen LogP contribution >= 0.6 is 23.4 Å². The number of alkyl halides is 1. The van der Waals surface area contributed by atoms with E-state index in [0.29, 0.717) is 11.3 Å². The van der Waals surface area contributed by atoms with Crippen LogP contribution in [-0.4, -0.2) is 62.5 Å². The minimum Gasteiger partial charge on any atom is -0.451 e. The zero-order valence-electron chi connectivity index (χ0n) is 25.4. The number of halogens is 1. The van der Waals surface area contributed by atoms with E-state index in [-0.39, 0.29) is 0 Å². The van der Waals surface area contributed by atoms with Crippen LogP contribution in [0.15, 0.2) is 91.0 Å². The standard InChI is InChI=1S/C34H36ClN3O6S/c1-33(2,3)44-32(42)37-24(21-14-8-5-9-15-21)28(39)36-25-29(40)38-27(34(4,35)20-45-30(25)38)31(41)43-26(22-16-10-6-11-17-22)23-18-12-7-13-19-23/h5-19,24-27,30H,20H2,1-4H3,(H,36,39)(H,37,42)/t24?,25-,27+,30+,34-/m1/s1. The van der Waals surface area contributed by atoms with Gasteiger partial charge in [0.1, 0.15) is 23.1 Å². The number of nitrogens with zero attached hydrogens (tertiary/aromatic N) is 1. The first-order valence-corrected chi connectivity index (χ1v) is 16.1. The van der Waals surface area contributed by atoms with Gasteiger partial charge in [0.25, 0.3) is 0 Å². The topological polar surface area (TPSA) is 114 Å². The van der Waals surface area contributed by atoms with Gasteiger partial charge < -0.3 is 25.0 Å². The molecule has 2 saturated heterocycles. The van der Waals surface area contributed by atoms with Crippen molar-refractivity contribution >= 4 is 47.2 Å². The molecule has 1 unspecified atom stereocenters. The fraction of sp³-hybridized carbons (Fsp3) is 0.353. The van der Waals surface area contributed by atoms with Crippen molar-refractivity contribution in [3.05, 3.63) is 108 Å². The van der Waals surface area contributed by atoms with E-state index in [9.17, 15) is 19.2 Å². The normalized spacial score (nSPS) is 23.3. The molecule has 3 aromatic rings. The highest BCUT2D eigenvalue weighted by atomic mass is 35.5. The molecule has 2 N–H and O–H groups in total. The van der Waals surface area contributed by atoms with Gasteiger partial charge in [-0.25, -0.2) is 9.59 Å². The van der Waals surface area contributed by atoms with Crippen LogP contribution in [0.5, 0.6) is 0 Å². The summed E-state index contributed by atoms with van der Waals surface area (Å²) in [6.45, 7) is 6.87. The number of carbonyl (C=O) groups excluding carboxylic acids is 4. The first-order chi connectivity index (χ1) is 21.4. The molecule has 11 heteroatoms. The highest BCUT2D eigenvalue weighted by Crippen LogP contribution is 2.46. The van der Waals surface area contributed by atoms with E-state index in [0.717, 1.165) is 11.1 Å². The maximum atomic E-state index is 13.9. The first kappa shape index (κ1) is 32.4. The summed E-state index contributed by atoms with van der Waals surface area (Å²) in [4.78, 5) is 54.1. The van der Waals surface area contributed by atoms with Gasteiger partial charge in [0.2, 0.25) is 11.8 Å². The number of carbonyl (C=O) groups is 4. The van der Waals surface area contributed by atoms with Crippen molar-refractivity contribution in [2.45, 2.75) is 67.8 Å². The average Bonchev–Trinajstić information content (AvgIpc) is 3.01. The molecule has 0 aromatic heterocycles. The molecule has 2 aliphatic rings. The number of benzene rings is 3. The maximum Gasteiger partial charge on any atom is 0.408 e. The Balaban J connectivity index is 1.34. The van der Waals surface area contributed by atoms with Gasteiger partial charge in [0, 0.05) is 5.75 Å². The fourth-order valence-corrected chi connectivity index (χ4v) is 7.22. The van der Waals surface area contributed by atoms with E-state index in [2.05, 4.69) is 10.6 Å². The number of β-lactam (4-membered cyclic amide) rings is 1. The number of hydrogen-bond acceptors (Lipinski definition) is 7. The molecule has 5 rings (SSSR count). The Morgan fingerprint density at radius 2 is 1.42 bits per heavy atom. The second-order valence-corrected chi connectivity index (χ2v) is 14.2. The van der Waals surface area contributed by atoms with Gasteiger partial charge in [-0.05, 0) is 44.4 Å². The molecule has 0 aliphatic carbocycles. The van der Waals surface area contributed by atoms with Crippen LogP contribution in [0.4, 0.5) is 4.79 Å². The van der Waals surface area contributed by atoms with E-state index >= 15 is 0 Å². The molecule has 45 heavy (non-hydrogen) atoms. The van der Waals surface area contributed by atoms with Gasteiger partial charge in [0.05, 0.1) is 4.87 Å². The number of amides is 3. The molecular weight excluding hydrogens is 614 g/mol. The van der Waals surface area contributed by atoms with Crippen molar-refractivity contribution in [1.82, 2.24) is 15.5 Å². The Labute approximate surface area is 272 Å². The van der Waals surface area contributed by atoms with Crippen molar-refractivity contribution < 1.29 is 28.7 Å². The molecule has 9 nitrogen and oxygen atoms in total. The van der Waals surface area contributed by atoms with E-state index in [1.54, 1.807) is 58.0 Å². The first-order valence-electron chi connectivity index (χ1n) is 14.6. The summed E-state index contributed by atoms with van der Waals surface area (Å²) in [5, 5.41) is 4.86. The fourth-order valence-electron chi connectivity index (χ4n) is 5.42. The van der Waals surface area contributed by atoms with Gasteiger partial charge >= 0.3 is 12.1 Å². The number of fused-ring (bicyclic) bond motifs is 1. The molecule has 2 heterocycles. The lowest BCUT2D eigenvalue weighted by atomic mass is 9.93. The highest BCUT2D eigenvalue weighted by Gasteiger charge is 2.62. The quantitative estimate of drug-likeness (QED) is 0.192. The number of rotatable bonds is 8. The molecule has 236 valence electrons. The number of hydrogen-bond donors (Lipinski definition) is 2. The maximum absolute atomic E-state index is 13.9. The summed E-state index contributed by atoms with van der Waals surface area (Å²) < 4.78 is 11.5. The summed E-state index contributed by atoms with van der Waals surface area (Å²) in [5.41, 5.74) is 1.30. The van der Waals surface area contributed by atoms with Crippen molar-refractivity contribution in [1.29, 1.82) is 0 Å². The number of nitrogens with one attached hydrogen (secondary N) is 2. The Morgan fingerprint density at radius 1 is 0.911 bits per heavy atom. The summed E-state index contributed by atoms with van der Waals surface area (Å²) in [5.74, 6) is -1.36. The molecule has 0 bridgehead atoms.